The van der Waals surface area contributed by atoms with Crippen LogP contribution < -0.4 is 4.74 Å². The van der Waals surface area contributed by atoms with Crippen LogP contribution in [0.5, 0.6) is 5.75 Å². The number of benzene rings is 2. The highest BCUT2D eigenvalue weighted by molar-refractivity contribution is 6.08. The topological polar surface area (TPSA) is 68.5 Å². The highest BCUT2D eigenvalue weighted by Crippen LogP contribution is 2.30. The number of hydrogen-bond acceptors (Lipinski definition) is 3. The summed E-state index contributed by atoms with van der Waals surface area (Å²) in [5.74, 6) is -0.780. The molecule has 1 N–H and O–H groups in total. The summed E-state index contributed by atoms with van der Waals surface area (Å²) in [6.45, 7) is 1.14. The summed E-state index contributed by atoms with van der Waals surface area (Å²) in [4.78, 5) is 24.4. The van der Waals surface area contributed by atoms with E-state index in [9.17, 15) is 14.7 Å². The number of carboxylic acid groups (broad SMARTS) is 1. The van der Waals surface area contributed by atoms with Gasteiger partial charge >= 0.3 is 5.97 Å². The summed E-state index contributed by atoms with van der Waals surface area (Å²) in [6, 6.07) is 20.5. The summed E-state index contributed by atoms with van der Waals surface area (Å²) in [6.07, 6.45) is 1.37. The van der Waals surface area contributed by atoms with Gasteiger partial charge in [0.1, 0.15) is 12.4 Å². The van der Waals surface area contributed by atoms with Gasteiger partial charge in [0.25, 0.3) is 0 Å². The Kier molecular flexibility index (Phi) is 4.98. The van der Waals surface area contributed by atoms with Crippen LogP contribution in [0.1, 0.15) is 46.1 Å². The lowest BCUT2D eigenvalue weighted by molar-refractivity contribution is -0.139. The van der Waals surface area contributed by atoms with E-state index in [2.05, 4.69) is 0 Å². The van der Waals surface area contributed by atoms with Crippen LogP contribution in [0.4, 0.5) is 0 Å². The molecule has 2 aromatic carbocycles. The molecule has 1 atom stereocenters. The highest BCUT2D eigenvalue weighted by Gasteiger charge is 2.29. The van der Waals surface area contributed by atoms with Crippen LogP contribution in [0.25, 0.3) is 0 Å². The van der Waals surface area contributed by atoms with Gasteiger partial charge in [-0.2, -0.15) is 0 Å². The third-order valence-corrected chi connectivity index (χ3v) is 5.14. The van der Waals surface area contributed by atoms with Crippen molar-refractivity contribution in [1.82, 2.24) is 4.57 Å². The normalized spacial score (nSPS) is 15.6. The highest BCUT2D eigenvalue weighted by atomic mass is 16.5. The Bertz CT molecular complexity index is 989. The number of aliphatic carboxylic acids is 1. The molecule has 142 valence electrons. The number of ketones is 1. The molecular formula is C23H21NO4. The predicted molar refractivity (Wildman–Crippen MR) is 105 cm³/mol. The molecule has 0 saturated carbocycles. The zero-order chi connectivity index (χ0) is 19.5. The molecule has 1 aromatic heterocycles. The van der Waals surface area contributed by atoms with Crippen LogP contribution in [0.2, 0.25) is 0 Å². The second kappa shape index (κ2) is 7.72. The maximum Gasteiger partial charge on any atom is 0.312 e. The third-order valence-electron chi connectivity index (χ3n) is 5.14. The molecule has 1 aliphatic rings. The zero-order valence-electron chi connectivity index (χ0n) is 15.4. The Morgan fingerprint density at radius 2 is 1.75 bits per heavy atom. The number of fused-ring (bicyclic) bond motifs is 1. The van der Waals surface area contributed by atoms with E-state index >= 15 is 0 Å². The minimum absolute atomic E-state index is 0.105. The molecule has 4 rings (SSSR count). The van der Waals surface area contributed by atoms with E-state index in [0.29, 0.717) is 42.3 Å². The number of nitrogens with zero attached hydrogens (tertiary/aromatic N) is 1. The monoisotopic (exact) mass is 375 g/mol. The summed E-state index contributed by atoms with van der Waals surface area (Å²) in [5.41, 5.74) is 2.89. The van der Waals surface area contributed by atoms with E-state index in [1.165, 1.54) is 0 Å². The Morgan fingerprint density at radius 3 is 2.46 bits per heavy atom. The molecule has 0 amide bonds. The second-order valence-electron chi connectivity index (χ2n) is 6.96. The van der Waals surface area contributed by atoms with Gasteiger partial charge < -0.3 is 14.4 Å². The molecule has 0 aliphatic carbocycles. The number of carbonyl (C=O) groups is 2. The van der Waals surface area contributed by atoms with Gasteiger partial charge in [-0.25, -0.2) is 0 Å². The minimum atomic E-state index is -0.835. The predicted octanol–water partition coefficient (Wildman–Crippen LogP) is 4.26. The number of rotatable bonds is 6. The lowest BCUT2D eigenvalue weighted by atomic mass is 9.96. The first-order chi connectivity index (χ1) is 13.6. The van der Waals surface area contributed by atoms with Gasteiger partial charge in [-0.05, 0) is 54.8 Å². The van der Waals surface area contributed by atoms with Crippen molar-refractivity contribution in [2.75, 3.05) is 0 Å². The van der Waals surface area contributed by atoms with Crippen LogP contribution in [0, 0.1) is 0 Å². The Labute approximate surface area is 163 Å². The van der Waals surface area contributed by atoms with Gasteiger partial charge in [0.2, 0.25) is 5.78 Å². The third kappa shape index (κ3) is 3.56. The first kappa shape index (κ1) is 18.0. The van der Waals surface area contributed by atoms with Crippen molar-refractivity contribution in [3.63, 3.8) is 0 Å². The lowest BCUT2D eigenvalue weighted by Gasteiger charge is -2.23. The molecule has 0 radical (unpaired) electrons. The van der Waals surface area contributed by atoms with E-state index < -0.39 is 11.9 Å². The van der Waals surface area contributed by atoms with Crippen molar-refractivity contribution >= 4 is 11.8 Å². The van der Waals surface area contributed by atoms with Crippen molar-refractivity contribution in [3.05, 3.63) is 89.2 Å². The first-order valence-electron chi connectivity index (χ1n) is 9.37. The van der Waals surface area contributed by atoms with Gasteiger partial charge in [-0.1, -0.05) is 30.3 Å². The van der Waals surface area contributed by atoms with Gasteiger partial charge in [0.15, 0.2) is 0 Å². The molecule has 0 bridgehead atoms. The maximum atomic E-state index is 12.9. The number of carbonyl (C=O) groups excluding carboxylic acids is 1. The summed E-state index contributed by atoms with van der Waals surface area (Å²) >= 11 is 0. The van der Waals surface area contributed by atoms with Gasteiger partial charge in [-0.15, -0.1) is 0 Å². The summed E-state index contributed by atoms with van der Waals surface area (Å²) in [7, 11) is 0. The summed E-state index contributed by atoms with van der Waals surface area (Å²) < 4.78 is 7.62. The molecule has 3 aromatic rings. The Morgan fingerprint density at radius 1 is 1.00 bits per heavy atom. The molecule has 1 aliphatic heterocycles. The number of hydrogen-bond donors (Lipinski definition) is 1. The standard InChI is InChI=1S/C23H21NO4/c25-22(21-13-12-20-19(23(26)27)7-4-14-24(20)21)17-8-10-18(11-9-17)28-15-16-5-2-1-3-6-16/h1-3,5-6,8-13,19H,4,7,14-15H2,(H,26,27). The minimum Gasteiger partial charge on any atom is -0.489 e. The second-order valence-corrected chi connectivity index (χ2v) is 6.96. The van der Waals surface area contributed by atoms with Gasteiger partial charge in [0, 0.05) is 17.8 Å². The lowest BCUT2D eigenvalue weighted by Crippen LogP contribution is -2.23. The molecular weight excluding hydrogens is 354 g/mol. The van der Waals surface area contributed by atoms with Crippen LogP contribution in [0.3, 0.4) is 0 Å². The fraction of sp³-hybridized carbons (Fsp3) is 0.217. The molecule has 2 heterocycles. The SMILES string of the molecule is O=C(c1ccc(OCc2ccccc2)cc1)c1ccc2n1CCCC2C(=O)O. The Hall–Kier alpha value is -3.34. The van der Waals surface area contributed by atoms with Crippen LogP contribution in [0.15, 0.2) is 66.7 Å². The first-order valence-corrected chi connectivity index (χ1v) is 9.37. The molecule has 0 spiro atoms. The smallest absolute Gasteiger partial charge is 0.312 e. The molecule has 1 unspecified atom stereocenters. The molecule has 5 nitrogen and oxygen atoms in total. The van der Waals surface area contributed by atoms with Crippen LogP contribution >= 0.6 is 0 Å². The average molecular weight is 375 g/mol. The van der Waals surface area contributed by atoms with Crippen LogP contribution in [-0.2, 0) is 17.9 Å². The van der Waals surface area contributed by atoms with Gasteiger partial charge in [0.05, 0.1) is 11.6 Å². The largest absolute Gasteiger partial charge is 0.489 e. The molecule has 5 heteroatoms. The van der Waals surface area contributed by atoms with Crippen molar-refractivity contribution in [3.8, 4) is 5.75 Å². The number of aromatic nitrogens is 1. The summed E-state index contributed by atoms with van der Waals surface area (Å²) in [5, 5.41) is 9.40. The molecule has 0 saturated heterocycles. The van der Waals surface area contributed by atoms with Crippen molar-refractivity contribution in [1.29, 1.82) is 0 Å². The number of carboxylic acids is 1. The fourth-order valence-corrected chi connectivity index (χ4v) is 3.68. The van der Waals surface area contributed by atoms with E-state index in [4.69, 9.17) is 4.74 Å². The van der Waals surface area contributed by atoms with Gasteiger partial charge in [-0.3, -0.25) is 9.59 Å². The van der Waals surface area contributed by atoms with Crippen molar-refractivity contribution < 1.29 is 19.4 Å². The number of ether oxygens (including phenoxy) is 1. The average Bonchev–Trinajstić information content (AvgIpc) is 3.17. The van der Waals surface area contributed by atoms with E-state index in [-0.39, 0.29) is 5.78 Å². The maximum absolute atomic E-state index is 12.9. The quantitative estimate of drug-likeness (QED) is 0.654. The Balaban J connectivity index is 1.49. The molecule has 0 fully saturated rings. The van der Waals surface area contributed by atoms with E-state index in [0.717, 1.165) is 12.0 Å². The van der Waals surface area contributed by atoms with Crippen molar-refractivity contribution in [2.24, 2.45) is 0 Å². The van der Waals surface area contributed by atoms with Crippen molar-refractivity contribution in [2.45, 2.75) is 31.9 Å². The fourth-order valence-electron chi connectivity index (χ4n) is 3.68. The van der Waals surface area contributed by atoms with E-state index in [1.807, 2.05) is 34.9 Å². The van der Waals surface area contributed by atoms with Crippen LogP contribution in [-0.4, -0.2) is 21.4 Å². The molecule has 28 heavy (non-hydrogen) atoms. The van der Waals surface area contributed by atoms with E-state index in [1.54, 1.807) is 36.4 Å². The zero-order valence-corrected chi connectivity index (χ0v) is 15.4.